The number of benzene rings is 2. The summed E-state index contributed by atoms with van der Waals surface area (Å²) in [5, 5.41) is 14.5. The molecular weight excluding hydrogens is 344 g/mol. The van der Waals surface area contributed by atoms with Gasteiger partial charge in [0.1, 0.15) is 5.02 Å². The van der Waals surface area contributed by atoms with Gasteiger partial charge < -0.3 is 14.8 Å². The van der Waals surface area contributed by atoms with Gasteiger partial charge in [-0.15, -0.1) is 0 Å². The van der Waals surface area contributed by atoms with Crippen LogP contribution >= 0.6 is 11.6 Å². The summed E-state index contributed by atoms with van der Waals surface area (Å²) in [6.07, 6.45) is 0.868. The molecule has 7 heteroatoms. The van der Waals surface area contributed by atoms with Gasteiger partial charge in [0.05, 0.1) is 18.1 Å². The number of rotatable bonds is 5. The van der Waals surface area contributed by atoms with Gasteiger partial charge >= 0.3 is 0 Å². The van der Waals surface area contributed by atoms with Crippen LogP contribution in [-0.4, -0.2) is 18.1 Å². The second kappa shape index (κ2) is 7.72. The Morgan fingerprint density at radius 2 is 1.96 bits per heavy atom. The van der Waals surface area contributed by atoms with Crippen LogP contribution in [0.5, 0.6) is 11.5 Å². The lowest BCUT2D eigenvalue weighted by Gasteiger charge is -2.16. The van der Waals surface area contributed by atoms with Gasteiger partial charge in [-0.25, -0.2) is 0 Å². The maximum atomic E-state index is 11.0. The monoisotopic (exact) mass is 362 g/mol. The van der Waals surface area contributed by atoms with Crippen molar-refractivity contribution in [3.05, 3.63) is 62.7 Å². The van der Waals surface area contributed by atoms with E-state index in [4.69, 9.17) is 21.1 Å². The summed E-state index contributed by atoms with van der Waals surface area (Å²) in [6.45, 7) is 3.83. The zero-order valence-electron chi connectivity index (χ0n) is 13.8. The second-order valence-corrected chi connectivity index (χ2v) is 6.31. The number of hydrogen-bond acceptors (Lipinski definition) is 5. The summed E-state index contributed by atoms with van der Waals surface area (Å²) in [5.41, 5.74) is 1.79. The molecule has 0 spiro atoms. The maximum Gasteiger partial charge on any atom is 0.288 e. The lowest BCUT2D eigenvalue weighted by atomic mass is 10.1. The molecule has 0 fully saturated rings. The Hall–Kier alpha value is -2.31. The van der Waals surface area contributed by atoms with Crippen LogP contribution in [0.2, 0.25) is 5.02 Å². The molecule has 1 N–H and O–H groups in total. The molecule has 0 bridgehead atoms. The molecule has 0 unspecified atom stereocenters. The molecule has 0 saturated carbocycles. The van der Waals surface area contributed by atoms with Crippen molar-refractivity contribution < 1.29 is 14.4 Å². The number of nitrogens with one attached hydrogen (secondary N) is 1. The Kier molecular flexibility index (Phi) is 5.40. The molecule has 25 heavy (non-hydrogen) atoms. The van der Waals surface area contributed by atoms with E-state index in [0.717, 1.165) is 29.0 Å². The molecule has 0 aromatic heterocycles. The molecule has 1 aliphatic rings. The summed E-state index contributed by atoms with van der Waals surface area (Å²) < 4.78 is 11.4. The minimum atomic E-state index is -0.473. The van der Waals surface area contributed by atoms with E-state index >= 15 is 0 Å². The maximum absolute atomic E-state index is 11.0. The average molecular weight is 363 g/mol. The van der Waals surface area contributed by atoms with Crippen molar-refractivity contribution in [3.8, 4) is 11.5 Å². The van der Waals surface area contributed by atoms with Gasteiger partial charge in [0.2, 0.25) is 0 Å². The molecule has 0 amide bonds. The predicted molar refractivity (Wildman–Crippen MR) is 95.4 cm³/mol. The van der Waals surface area contributed by atoms with E-state index in [2.05, 4.69) is 5.32 Å². The third-order valence-electron chi connectivity index (χ3n) is 4.09. The molecule has 132 valence electrons. The van der Waals surface area contributed by atoms with Crippen LogP contribution in [-0.2, 0) is 6.54 Å². The van der Waals surface area contributed by atoms with Crippen molar-refractivity contribution in [3.63, 3.8) is 0 Å². The summed E-state index contributed by atoms with van der Waals surface area (Å²) in [4.78, 5) is 10.5. The van der Waals surface area contributed by atoms with Crippen molar-refractivity contribution >= 4 is 17.3 Å². The summed E-state index contributed by atoms with van der Waals surface area (Å²) in [7, 11) is 0. The fourth-order valence-electron chi connectivity index (χ4n) is 2.65. The van der Waals surface area contributed by atoms with Crippen LogP contribution in [0.3, 0.4) is 0 Å². The lowest BCUT2D eigenvalue weighted by Crippen LogP contribution is -2.18. The summed E-state index contributed by atoms with van der Waals surface area (Å²) >= 11 is 5.84. The number of ether oxygens (including phenoxy) is 2. The van der Waals surface area contributed by atoms with Crippen molar-refractivity contribution in [1.82, 2.24) is 5.32 Å². The van der Waals surface area contributed by atoms with Gasteiger partial charge in [-0.2, -0.15) is 0 Å². The molecule has 0 radical (unpaired) electrons. The number of nitro benzene ring substituents is 1. The van der Waals surface area contributed by atoms with Gasteiger partial charge in [0, 0.05) is 25.1 Å². The van der Waals surface area contributed by atoms with Crippen molar-refractivity contribution in [2.45, 2.75) is 25.9 Å². The third kappa shape index (κ3) is 4.21. The fourth-order valence-corrected chi connectivity index (χ4v) is 2.83. The Bertz CT molecular complexity index is 782. The molecular formula is C18H19ClN2O4. The van der Waals surface area contributed by atoms with Gasteiger partial charge in [0.25, 0.3) is 5.69 Å². The highest BCUT2D eigenvalue weighted by atomic mass is 35.5. The molecule has 1 aliphatic heterocycles. The number of halogens is 1. The molecule has 0 aliphatic carbocycles. The third-order valence-corrected chi connectivity index (χ3v) is 4.41. The van der Waals surface area contributed by atoms with Crippen molar-refractivity contribution in [1.29, 1.82) is 0 Å². The quantitative estimate of drug-likeness (QED) is 0.635. The normalized spacial score (nSPS) is 14.6. The predicted octanol–water partition coefficient (Wildman–Crippen LogP) is 4.26. The number of nitro groups is 1. The highest BCUT2D eigenvalue weighted by Gasteiger charge is 2.15. The van der Waals surface area contributed by atoms with Gasteiger partial charge in [-0.3, -0.25) is 10.1 Å². The molecule has 1 heterocycles. The molecule has 6 nitrogen and oxygen atoms in total. The zero-order valence-corrected chi connectivity index (χ0v) is 14.6. The van der Waals surface area contributed by atoms with E-state index in [-0.39, 0.29) is 16.8 Å². The van der Waals surface area contributed by atoms with Crippen LogP contribution in [0.15, 0.2) is 36.4 Å². The van der Waals surface area contributed by atoms with Gasteiger partial charge in [-0.1, -0.05) is 23.7 Å². The zero-order chi connectivity index (χ0) is 17.8. The van der Waals surface area contributed by atoms with Crippen molar-refractivity contribution in [2.24, 2.45) is 0 Å². The van der Waals surface area contributed by atoms with E-state index in [1.54, 1.807) is 12.1 Å². The van der Waals surface area contributed by atoms with E-state index in [1.807, 2.05) is 25.1 Å². The fraction of sp³-hybridized carbons (Fsp3) is 0.333. The van der Waals surface area contributed by atoms with E-state index in [9.17, 15) is 10.1 Å². The van der Waals surface area contributed by atoms with Gasteiger partial charge in [-0.05, 0) is 36.2 Å². The molecule has 2 aromatic rings. The number of fused-ring (bicyclic) bond motifs is 1. The largest absolute Gasteiger partial charge is 0.490 e. The Labute approximate surface area is 150 Å². The molecule has 0 saturated heterocycles. The smallest absolute Gasteiger partial charge is 0.288 e. The molecule has 1 atom stereocenters. The van der Waals surface area contributed by atoms with Crippen LogP contribution in [0.4, 0.5) is 5.69 Å². The summed E-state index contributed by atoms with van der Waals surface area (Å²) in [6, 6.07) is 10.8. The Balaban J connectivity index is 1.68. The van der Waals surface area contributed by atoms with Crippen LogP contribution in [0, 0.1) is 10.1 Å². The first-order chi connectivity index (χ1) is 12.0. The van der Waals surface area contributed by atoms with Crippen LogP contribution in [0.25, 0.3) is 0 Å². The Morgan fingerprint density at radius 1 is 1.20 bits per heavy atom. The number of nitrogens with zero attached hydrogens (tertiary/aromatic N) is 1. The van der Waals surface area contributed by atoms with Crippen molar-refractivity contribution in [2.75, 3.05) is 13.2 Å². The summed E-state index contributed by atoms with van der Waals surface area (Å²) in [5.74, 6) is 1.52. The minimum Gasteiger partial charge on any atom is -0.490 e. The second-order valence-electron chi connectivity index (χ2n) is 5.90. The lowest BCUT2D eigenvalue weighted by molar-refractivity contribution is -0.384. The first kappa shape index (κ1) is 17.5. The van der Waals surface area contributed by atoms with E-state index in [0.29, 0.717) is 19.8 Å². The molecule has 2 aromatic carbocycles. The van der Waals surface area contributed by atoms with Crippen LogP contribution in [0.1, 0.15) is 30.5 Å². The number of hydrogen-bond donors (Lipinski definition) is 1. The van der Waals surface area contributed by atoms with Crippen LogP contribution < -0.4 is 14.8 Å². The topological polar surface area (TPSA) is 73.6 Å². The standard InChI is InChI=1S/C18H19ClN2O4/c1-12(14-4-6-17-18(10-14)25-8-2-7-24-17)20-11-13-3-5-15(19)16(9-13)21(22)23/h3-6,9-10,12,20H,2,7-8,11H2,1H3/t12-/m1/s1. The first-order valence-electron chi connectivity index (χ1n) is 8.10. The highest BCUT2D eigenvalue weighted by Crippen LogP contribution is 2.32. The minimum absolute atomic E-state index is 0.0480. The average Bonchev–Trinajstić information content (AvgIpc) is 2.85. The molecule has 3 rings (SSSR count). The highest BCUT2D eigenvalue weighted by molar-refractivity contribution is 6.32. The van der Waals surface area contributed by atoms with E-state index < -0.39 is 4.92 Å². The Morgan fingerprint density at radius 3 is 2.72 bits per heavy atom. The first-order valence-corrected chi connectivity index (χ1v) is 8.48. The van der Waals surface area contributed by atoms with E-state index in [1.165, 1.54) is 6.07 Å². The van der Waals surface area contributed by atoms with Gasteiger partial charge in [0.15, 0.2) is 11.5 Å². The SMILES string of the molecule is C[C@@H](NCc1ccc(Cl)c([N+](=O)[O-])c1)c1ccc2c(c1)OCCCO2.